The third-order valence-electron chi connectivity index (χ3n) is 3.09. The molecule has 0 spiro atoms. The van der Waals surface area contributed by atoms with Crippen LogP contribution in [-0.2, 0) is 15.4 Å². The summed E-state index contributed by atoms with van der Waals surface area (Å²) in [6.07, 6.45) is -2.69. The van der Waals surface area contributed by atoms with Gasteiger partial charge in [0.2, 0.25) is 0 Å². The first-order valence-electron chi connectivity index (χ1n) is 6.07. The van der Waals surface area contributed by atoms with E-state index in [4.69, 9.17) is 26.8 Å². The smallest absolute Gasteiger partial charge is 0.330 e. The van der Waals surface area contributed by atoms with Gasteiger partial charge in [-0.3, -0.25) is 4.98 Å². The van der Waals surface area contributed by atoms with Crippen LogP contribution < -0.4 is 5.69 Å². The van der Waals surface area contributed by atoms with Crippen LogP contribution in [0.4, 0.5) is 0 Å². The van der Waals surface area contributed by atoms with Gasteiger partial charge < -0.3 is 24.8 Å². The van der Waals surface area contributed by atoms with Crippen molar-refractivity contribution < 1.29 is 24.8 Å². The molecule has 0 amide bonds. The quantitative estimate of drug-likeness (QED) is 0.509. The summed E-state index contributed by atoms with van der Waals surface area (Å²) in [5.41, 5.74) is -0.657. The molecule has 1 saturated heterocycles. The number of hydrogen-bond donors (Lipinski definition) is 4. The summed E-state index contributed by atoms with van der Waals surface area (Å²) < 4.78 is 12.0. The van der Waals surface area contributed by atoms with Gasteiger partial charge in [-0.2, -0.15) is 0 Å². The molecule has 4 N–H and O–H groups in total. The monoisotopic (exact) mass is 304 g/mol. The molecule has 0 saturated carbocycles. The molecule has 112 valence electrons. The molecule has 0 bridgehead atoms. The summed E-state index contributed by atoms with van der Waals surface area (Å²) >= 11 is 4.83. The van der Waals surface area contributed by atoms with Crippen molar-refractivity contribution in [1.29, 1.82) is 0 Å². The molecule has 8 nitrogen and oxygen atoms in total. The first kappa shape index (κ1) is 15.3. The Kier molecular flexibility index (Phi) is 4.37. The summed E-state index contributed by atoms with van der Waals surface area (Å²) in [7, 11) is 0. The van der Waals surface area contributed by atoms with E-state index in [-0.39, 0.29) is 11.2 Å². The maximum atomic E-state index is 12.0. The minimum absolute atomic E-state index is 0.115. The van der Waals surface area contributed by atoms with E-state index in [1.165, 1.54) is 12.3 Å². The van der Waals surface area contributed by atoms with Crippen LogP contribution >= 0.6 is 12.2 Å². The minimum Gasteiger partial charge on any atom is -0.394 e. The predicted octanol–water partition coefficient (Wildman–Crippen LogP) is -1.33. The number of aromatic amines is 1. The van der Waals surface area contributed by atoms with E-state index >= 15 is 0 Å². The summed E-state index contributed by atoms with van der Waals surface area (Å²) in [5, 5.41) is 29.2. The molecule has 0 aromatic carbocycles. The SMILES string of the molecule is CCO[C@@]1(n2ccc(=S)[nH]c2=O)O[C@H](CO)[C@@H](O)[C@H]1O. The normalized spacial score (nSPS) is 33.5. The number of aliphatic hydroxyl groups excluding tert-OH is 3. The van der Waals surface area contributed by atoms with Gasteiger partial charge in [-0.05, 0) is 13.0 Å². The van der Waals surface area contributed by atoms with E-state index in [1.807, 2.05) is 0 Å². The van der Waals surface area contributed by atoms with E-state index < -0.39 is 36.5 Å². The zero-order chi connectivity index (χ0) is 14.9. The van der Waals surface area contributed by atoms with Gasteiger partial charge >= 0.3 is 5.69 Å². The lowest BCUT2D eigenvalue weighted by molar-refractivity contribution is -0.316. The van der Waals surface area contributed by atoms with Crippen LogP contribution in [0.15, 0.2) is 17.1 Å². The summed E-state index contributed by atoms with van der Waals surface area (Å²) in [6, 6.07) is 1.42. The summed E-state index contributed by atoms with van der Waals surface area (Å²) in [6.45, 7) is 1.24. The summed E-state index contributed by atoms with van der Waals surface area (Å²) in [5.74, 6) is -1.90. The number of rotatable bonds is 4. The molecular formula is C11H16N2O6S. The van der Waals surface area contributed by atoms with E-state index in [0.29, 0.717) is 0 Å². The molecule has 1 fully saturated rings. The second-order valence-electron chi connectivity index (χ2n) is 4.32. The number of nitrogens with one attached hydrogen (secondary N) is 1. The Morgan fingerprint density at radius 3 is 2.80 bits per heavy atom. The topological polar surface area (TPSA) is 117 Å². The average Bonchev–Trinajstić information content (AvgIpc) is 2.65. The van der Waals surface area contributed by atoms with E-state index in [9.17, 15) is 15.0 Å². The Balaban J connectivity index is 2.55. The first-order valence-corrected chi connectivity index (χ1v) is 6.48. The molecule has 0 radical (unpaired) electrons. The zero-order valence-electron chi connectivity index (χ0n) is 10.7. The number of aliphatic hydroxyl groups is 3. The Labute approximate surface area is 119 Å². The average molecular weight is 304 g/mol. The van der Waals surface area contributed by atoms with Crippen molar-refractivity contribution in [3.63, 3.8) is 0 Å². The minimum atomic E-state index is -1.90. The fraction of sp³-hybridized carbons (Fsp3) is 0.636. The molecule has 0 unspecified atom stereocenters. The van der Waals surface area contributed by atoms with Crippen LogP contribution in [0.3, 0.4) is 0 Å². The molecular weight excluding hydrogens is 288 g/mol. The molecule has 1 aliphatic heterocycles. The van der Waals surface area contributed by atoms with Gasteiger partial charge in [0.05, 0.1) is 6.61 Å². The van der Waals surface area contributed by atoms with Gasteiger partial charge in [0.1, 0.15) is 16.8 Å². The van der Waals surface area contributed by atoms with Crippen LogP contribution in [0.25, 0.3) is 0 Å². The van der Waals surface area contributed by atoms with Crippen LogP contribution in [0.2, 0.25) is 0 Å². The van der Waals surface area contributed by atoms with Crippen molar-refractivity contribution in [2.75, 3.05) is 13.2 Å². The van der Waals surface area contributed by atoms with Crippen molar-refractivity contribution in [2.45, 2.75) is 31.1 Å². The Morgan fingerprint density at radius 2 is 2.30 bits per heavy atom. The molecule has 1 aromatic rings. The van der Waals surface area contributed by atoms with Gasteiger partial charge in [0, 0.05) is 12.8 Å². The van der Waals surface area contributed by atoms with Crippen molar-refractivity contribution in [2.24, 2.45) is 0 Å². The maximum absolute atomic E-state index is 12.0. The van der Waals surface area contributed by atoms with Crippen LogP contribution in [0.1, 0.15) is 6.92 Å². The molecule has 1 aromatic heterocycles. The Morgan fingerprint density at radius 1 is 1.60 bits per heavy atom. The lowest BCUT2D eigenvalue weighted by Gasteiger charge is -2.32. The third-order valence-corrected chi connectivity index (χ3v) is 3.33. The van der Waals surface area contributed by atoms with Crippen molar-refractivity contribution in [1.82, 2.24) is 9.55 Å². The van der Waals surface area contributed by atoms with Crippen LogP contribution in [0.5, 0.6) is 0 Å². The predicted molar refractivity (Wildman–Crippen MR) is 69.5 cm³/mol. The Hall–Kier alpha value is -1.10. The number of aromatic nitrogens is 2. The molecule has 1 aliphatic rings. The third kappa shape index (κ3) is 2.32. The van der Waals surface area contributed by atoms with Crippen LogP contribution in [-0.4, -0.2) is 56.4 Å². The number of ether oxygens (including phenoxy) is 2. The standard InChI is InChI=1S/C11H16N2O6S/c1-2-18-11(9(16)8(15)6(5-14)19-11)13-4-3-7(20)12-10(13)17/h3-4,6,8-9,14-16H,2,5H2,1H3,(H,12,17,20)/t6-,8-,9-,11-/m1/s1. The number of hydrogen-bond acceptors (Lipinski definition) is 7. The van der Waals surface area contributed by atoms with Crippen LogP contribution in [0, 0.1) is 4.64 Å². The fourth-order valence-corrected chi connectivity index (χ4v) is 2.33. The lowest BCUT2D eigenvalue weighted by Crippen LogP contribution is -2.52. The molecule has 20 heavy (non-hydrogen) atoms. The van der Waals surface area contributed by atoms with Gasteiger partial charge in [0.15, 0.2) is 6.10 Å². The second kappa shape index (κ2) is 5.72. The Bertz CT molecular complexity index is 587. The number of H-pyrrole nitrogens is 1. The van der Waals surface area contributed by atoms with E-state index in [0.717, 1.165) is 4.57 Å². The van der Waals surface area contributed by atoms with Crippen molar-refractivity contribution >= 4 is 12.2 Å². The zero-order valence-corrected chi connectivity index (χ0v) is 11.5. The van der Waals surface area contributed by atoms with E-state index in [1.54, 1.807) is 6.92 Å². The number of nitrogens with zero attached hydrogens (tertiary/aromatic N) is 1. The highest BCUT2D eigenvalue weighted by Gasteiger charge is 2.57. The molecule has 2 heterocycles. The highest BCUT2D eigenvalue weighted by Crippen LogP contribution is 2.35. The molecule has 0 aliphatic carbocycles. The largest absolute Gasteiger partial charge is 0.394 e. The highest BCUT2D eigenvalue weighted by atomic mass is 32.1. The summed E-state index contributed by atoms with van der Waals surface area (Å²) in [4.78, 5) is 14.4. The second-order valence-corrected chi connectivity index (χ2v) is 4.76. The van der Waals surface area contributed by atoms with Crippen molar-refractivity contribution in [3.05, 3.63) is 27.4 Å². The van der Waals surface area contributed by atoms with Gasteiger partial charge in [-0.15, -0.1) is 0 Å². The van der Waals surface area contributed by atoms with Gasteiger partial charge in [0.25, 0.3) is 5.91 Å². The maximum Gasteiger partial charge on any atom is 0.330 e. The molecule has 9 heteroatoms. The lowest BCUT2D eigenvalue weighted by atomic mass is 10.1. The first-order chi connectivity index (χ1) is 9.46. The molecule has 2 rings (SSSR count). The van der Waals surface area contributed by atoms with Gasteiger partial charge in [-0.25, -0.2) is 9.36 Å². The fourth-order valence-electron chi connectivity index (χ4n) is 2.18. The van der Waals surface area contributed by atoms with Crippen molar-refractivity contribution in [3.8, 4) is 0 Å². The molecule has 4 atom stereocenters. The van der Waals surface area contributed by atoms with Gasteiger partial charge in [-0.1, -0.05) is 12.2 Å². The highest BCUT2D eigenvalue weighted by molar-refractivity contribution is 7.71. The van der Waals surface area contributed by atoms with E-state index in [2.05, 4.69) is 4.98 Å².